The van der Waals surface area contributed by atoms with Crippen LogP contribution in [-0.4, -0.2) is 25.2 Å². The van der Waals surface area contributed by atoms with E-state index in [2.05, 4.69) is 16.0 Å². The first-order valence-electron chi connectivity index (χ1n) is 6.79. The van der Waals surface area contributed by atoms with E-state index < -0.39 is 0 Å². The van der Waals surface area contributed by atoms with Gasteiger partial charge in [0.1, 0.15) is 11.6 Å². The van der Waals surface area contributed by atoms with Crippen molar-refractivity contribution in [3.8, 4) is 5.75 Å². The number of hydrogen-bond acceptors (Lipinski definition) is 4. The van der Waals surface area contributed by atoms with Gasteiger partial charge < -0.3 is 15.4 Å². The largest absolute Gasteiger partial charge is 0.495 e. The van der Waals surface area contributed by atoms with Gasteiger partial charge in [0.15, 0.2) is 0 Å². The summed E-state index contributed by atoms with van der Waals surface area (Å²) in [7, 11) is 1.68. The average Bonchev–Trinajstić information content (AvgIpc) is 2.50. The number of ether oxygens (including phenoxy) is 1. The van der Waals surface area contributed by atoms with Crippen molar-refractivity contribution < 1.29 is 4.74 Å². The molecule has 2 aromatic rings. The van der Waals surface area contributed by atoms with E-state index in [4.69, 9.17) is 10.5 Å². The zero-order valence-corrected chi connectivity index (χ0v) is 12.0. The predicted molar refractivity (Wildman–Crippen MR) is 82.6 cm³/mol. The maximum atomic E-state index is 5.65. The Kier molecular flexibility index (Phi) is 4.96. The highest BCUT2D eigenvalue weighted by Gasteiger charge is 2.14. The fourth-order valence-corrected chi connectivity index (χ4v) is 2.08. The molecule has 1 heterocycles. The van der Waals surface area contributed by atoms with Gasteiger partial charge in [-0.3, -0.25) is 0 Å². The highest BCUT2D eigenvalue weighted by Crippen LogP contribution is 2.32. The molecule has 0 saturated carbocycles. The number of hydrogen-bond donors (Lipinski definition) is 1. The van der Waals surface area contributed by atoms with E-state index in [0.717, 1.165) is 35.8 Å². The second-order valence-electron chi connectivity index (χ2n) is 4.66. The maximum absolute atomic E-state index is 5.65. The third-order valence-corrected chi connectivity index (χ3v) is 3.13. The Morgan fingerprint density at radius 2 is 2.00 bits per heavy atom. The van der Waals surface area contributed by atoms with Crippen LogP contribution in [0.2, 0.25) is 0 Å². The first kappa shape index (κ1) is 14.3. The highest BCUT2D eigenvalue weighted by atomic mass is 16.5. The molecule has 0 atom stereocenters. The third-order valence-electron chi connectivity index (χ3n) is 3.13. The van der Waals surface area contributed by atoms with Crippen LogP contribution in [0.5, 0.6) is 5.75 Å². The van der Waals surface area contributed by atoms with Gasteiger partial charge in [-0.15, -0.1) is 0 Å². The molecule has 0 radical (unpaired) electrons. The molecule has 106 valence electrons. The van der Waals surface area contributed by atoms with Gasteiger partial charge in [0.2, 0.25) is 0 Å². The summed E-state index contributed by atoms with van der Waals surface area (Å²) in [6.07, 6.45) is 2.77. The zero-order valence-electron chi connectivity index (χ0n) is 12.0. The van der Waals surface area contributed by atoms with Gasteiger partial charge in [-0.1, -0.05) is 18.2 Å². The molecule has 4 heteroatoms. The zero-order chi connectivity index (χ0) is 14.4. The van der Waals surface area contributed by atoms with E-state index in [0.29, 0.717) is 6.54 Å². The van der Waals surface area contributed by atoms with Gasteiger partial charge in [-0.2, -0.15) is 0 Å². The minimum atomic E-state index is 0.650. The van der Waals surface area contributed by atoms with Crippen LogP contribution < -0.4 is 15.4 Å². The number of aromatic nitrogens is 1. The standard InChI is InChI=1S/C16H21N3O/c1-13-8-9-16(18-12-13)19(11-5-10-17)14-6-3-4-7-15(14)20-2/h3-4,6-9,12H,5,10-11,17H2,1-2H3. The highest BCUT2D eigenvalue weighted by molar-refractivity contribution is 5.67. The van der Waals surface area contributed by atoms with Crippen LogP contribution in [0.3, 0.4) is 0 Å². The number of nitrogens with two attached hydrogens (primary N) is 1. The van der Waals surface area contributed by atoms with Crippen LogP contribution in [0, 0.1) is 6.92 Å². The molecular formula is C16H21N3O. The fraction of sp³-hybridized carbons (Fsp3) is 0.312. The van der Waals surface area contributed by atoms with E-state index in [1.807, 2.05) is 43.5 Å². The topological polar surface area (TPSA) is 51.4 Å². The second kappa shape index (κ2) is 6.91. The SMILES string of the molecule is COc1ccccc1N(CCCN)c1ccc(C)cn1. The van der Waals surface area contributed by atoms with E-state index >= 15 is 0 Å². The van der Waals surface area contributed by atoms with Crippen molar-refractivity contribution in [1.82, 2.24) is 4.98 Å². The first-order valence-corrected chi connectivity index (χ1v) is 6.79. The van der Waals surface area contributed by atoms with Crippen LogP contribution in [0.4, 0.5) is 11.5 Å². The predicted octanol–water partition coefficient (Wildman–Crippen LogP) is 2.89. The summed E-state index contributed by atoms with van der Waals surface area (Å²) in [5.41, 5.74) is 7.81. The smallest absolute Gasteiger partial charge is 0.142 e. The van der Waals surface area contributed by atoms with Crippen molar-refractivity contribution in [1.29, 1.82) is 0 Å². The molecular weight excluding hydrogens is 250 g/mol. The van der Waals surface area contributed by atoms with Gasteiger partial charge in [0, 0.05) is 12.7 Å². The molecule has 0 saturated heterocycles. The minimum Gasteiger partial charge on any atom is -0.495 e. The summed E-state index contributed by atoms with van der Waals surface area (Å²) in [5, 5.41) is 0. The van der Waals surface area contributed by atoms with E-state index in [-0.39, 0.29) is 0 Å². The summed E-state index contributed by atoms with van der Waals surface area (Å²) < 4.78 is 5.45. The van der Waals surface area contributed by atoms with E-state index in [1.54, 1.807) is 7.11 Å². The van der Waals surface area contributed by atoms with Gasteiger partial charge in [0.05, 0.1) is 12.8 Å². The lowest BCUT2D eigenvalue weighted by Crippen LogP contribution is -2.22. The number of pyridine rings is 1. The third kappa shape index (κ3) is 3.27. The lowest BCUT2D eigenvalue weighted by molar-refractivity contribution is 0.415. The summed E-state index contributed by atoms with van der Waals surface area (Å²) in [6.45, 7) is 3.49. The molecule has 0 bridgehead atoms. The molecule has 4 nitrogen and oxygen atoms in total. The Morgan fingerprint density at radius 1 is 1.20 bits per heavy atom. The molecule has 2 N–H and O–H groups in total. The molecule has 0 amide bonds. The molecule has 0 aliphatic carbocycles. The van der Waals surface area contributed by atoms with Gasteiger partial charge in [-0.25, -0.2) is 4.98 Å². The van der Waals surface area contributed by atoms with Gasteiger partial charge in [-0.05, 0) is 43.7 Å². The van der Waals surface area contributed by atoms with Crippen LogP contribution in [-0.2, 0) is 0 Å². The molecule has 1 aromatic heterocycles. The Morgan fingerprint density at radius 3 is 2.65 bits per heavy atom. The summed E-state index contributed by atoms with van der Waals surface area (Å²) in [5.74, 6) is 1.75. The molecule has 2 rings (SSSR count). The maximum Gasteiger partial charge on any atom is 0.142 e. The number of methoxy groups -OCH3 is 1. The van der Waals surface area contributed by atoms with E-state index in [9.17, 15) is 0 Å². The second-order valence-corrected chi connectivity index (χ2v) is 4.66. The summed E-state index contributed by atoms with van der Waals surface area (Å²) in [4.78, 5) is 6.66. The summed E-state index contributed by atoms with van der Waals surface area (Å²) >= 11 is 0. The fourth-order valence-electron chi connectivity index (χ4n) is 2.08. The van der Waals surface area contributed by atoms with Crippen LogP contribution in [0.15, 0.2) is 42.6 Å². The Hall–Kier alpha value is -2.07. The molecule has 1 aromatic carbocycles. The van der Waals surface area contributed by atoms with Crippen molar-refractivity contribution >= 4 is 11.5 Å². The Bertz CT molecular complexity index is 540. The lowest BCUT2D eigenvalue weighted by atomic mass is 10.2. The van der Waals surface area contributed by atoms with Crippen molar-refractivity contribution in [2.45, 2.75) is 13.3 Å². The first-order chi connectivity index (χ1) is 9.76. The molecule has 0 fully saturated rings. The summed E-state index contributed by atoms with van der Waals surface area (Å²) in [6, 6.07) is 12.1. The normalized spacial score (nSPS) is 10.3. The molecule has 0 aliphatic heterocycles. The van der Waals surface area contributed by atoms with Crippen molar-refractivity contribution in [2.75, 3.05) is 25.1 Å². The minimum absolute atomic E-state index is 0.650. The Balaban J connectivity index is 2.38. The van der Waals surface area contributed by atoms with Crippen LogP contribution in [0.1, 0.15) is 12.0 Å². The van der Waals surface area contributed by atoms with Crippen molar-refractivity contribution in [2.24, 2.45) is 5.73 Å². The molecule has 0 aliphatic rings. The Labute approximate surface area is 120 Å². The average molecular weight is 271 g/mol. The lowest BCUT2D eigenvalue weighted by Gasteiger charge is -2.25. The molecule has 20 heavy (non-hydrogen) atoms. The van der Waals surface area contributed by atoms with Crippen LogP contribution >= 0.6 is 0 Å². The number of aryl methyl sites for hydroxylation is 1. The van der Waals surface area contributed by atoms with Gasteiger partial charge in [0.25, 0.3) is 0 Å². The van der Waals surface area contributed by atoms with E-state index in [1.165, 1.54) is 0 Å². The quantitative estimate of drug-likeness (QED) is 0.877. The number of nitrogens with zero attached hydrogens (tertiary/aromatic N) is 2. The van der Waals surface area contributed by atoms with Crippen LogP contribution in [0.25, 0.3) is 0 Å². The monoisotopic (exact) mass is 271 g/mol. The van der Waals surface area contributed by atoms with Gasteiger partial charge >= 0.3 is 0 Å². The number of benzene rings is 1. The molecule has 0 unspecified atom stereocenters. The molecule has 0 spiro atoms. The number of anilines is 2. The van der Waals surface area contributed by atoms with Crippen molar-refractivity contribution in [3.63, 3.8) is 0 Å². The van der Waals surface area contributed by atoms with Crippen molar-refractivity contribution in [3.05, 3.63) is 48.2 Å². The number of para-hydroxylation sites is 2. The number of rotatable bonds is 6.